The Bertz CT molecular complexity index is 371. The van der Waals surface area contributed by atoms with E-state index < -0.39 is 11.3 Å². The molecule has 1 rings (SSSR count). The van der Waals surface area contributed by atoms with Gasteiger partial charge in [-0.15, -0.1) is 0 Å². The summed E-state index contributed by atoms with van der Waals surface area (Å²) in [6.45, 7) is 3.90. The summed E-state index contributed by atoms with van der Waals surface area (Å²) in [6, 6.07) is 0. The third-order valence-electron chi connectivity index (χ3n) is 3.00. The number of primary amides is 1. The van der Waals surface area contributed by atoms with Crippen molar-refractivity contribution in [3.63, 3.8) is 0 Å². The number of allylic oxidation sites excluding steroid dienone is 1. The van der Waals surface area contributed by atoms with Gasteiger partial charge in [0.2, 0.25) is 5.91 Å². The van der Waals surface area contributed by atoms with Crippen LogP contribution in [0.25, 0.3) is 0 Å². The molecule has 0 spiro atoms. The number of carbonyl (C=O) groups is 2. The molecule has 2 amide bonds. The highest BCUT2D eigenvalue weighted by molar-refractivity contribution is 6.02. The molecule has 0 radical (unpaired) electrons. The summed E-state index contributed by atoms with van der Waals surface area (Å²) >= 11 is 0. The van der Waals surface area contributed by atoms with Gasteiger partial charge in [0.15, 0.2) is 0 Å². The molecular weight excluding hydrogens is 206 g/mol. The summed E-state index contributed by atoms with van der Waals surface area (Å²) in [5.74, 6) is -0.557. The van der Waals surface area contributed by atoms with E-state index in [0.29, 0.717) is 6.42 Å². The second kappa shape index (κ2) is 4.47. The smallest absolute Gasteiger partial charge is 0.266 e. The van der Waals surface area contributed by atoms with E-state index in [9.17, 15) is 9.59 Å². The van der Waals surface area contributed by atoms with Crippen molar-refractivity contribution in [1.82, 2.24) is 5.32 Å². The maximum atomic E-state index is 11.9. The minimum Gasteiger partial charge on any atom is -0.364 e. The highest BCUT2D eigenvalue weighted by Gasteiger charge is 2.40. The Morgan fingerprint density at radius 3 is 2.50 bits per heavy atom. The maximum Gasteiger partial charge on any atom is 0.266 e. The van der Waals surface area contributed by atoms with Gasteiger partial charge >= 0.3 is 0 Å². The van der Waals surface area contributed by atoms with Gasteiger partial charge < -0.3 is 11.1 Å². The van der Waals surface area contributed by atoms with Crippen molar-refractivity contribution in [1.29, 1.82) is 0 Å². The second-order valence-electron chi connectivity index (χ2n) is 4.19. The maximum absolute atomic E-state index is 11.9. The Balaban J connectivity index is 3.01. The molecule has 1 aliphatic rings. The highest BCUT2D eigenvalue weighted by Crippen LogP contribution is 2.33. The zero-order valence-corrected chi connectivity index (χ0v) is 9.78. The number of nitrogens with one attached hydrogen (secondary N) is 1. The van der Waals surface area contributed by atoms with Gasteiger partial charge in [0.25, 0.3) is 5.91 Å². The van der Waals surface area contributed by atoms with Crippen molar-refractivity contribution in [2.24, 2.45) is 22.1 Å². The van der Waals surface area contributed by atoms with Crippen LogP contribution in [0.1, 0.15) is 20.3 Å². The molecule has 1 heterocycles. The number of aliphatic imine (C=N–C) groups is 1. The number of hydrogen-bond donors (Lipinski definition) is 2. The number of hydrogen-bond acceptors (Lipinski definition) is 3. The zero-order valence-electron chi connectivity index (χ0n) is 9.78. The highest BCUT2D eigenvalue weighted by atomic mass is 16.2. The van der Waals surface area contributed by atoms with E-state index in [1.807, 2.05) is 13.8 Å². The SMILES string of the molecule is CNC(=O)C1(C(C)C)C=NC(C(N)=O)=CC1. The van der Waals surface area contributed by atoms with Crippen molar-refractivity contribution in [3.05, 3.63) is 11.8 Å². The first-order valence-corrected chi connectivity index (χ1v) is 5.21. The fourth-order valence-electron chi connectivity index (χ4n) is 1.75. The lowest BCUT2D eigenvalue weighted by atomic mass is 9.73. The van der Waals surface area contributed by atoms with E-state index >= 15 is 0 Å². The molecule has 88 valence electrons. The predicted octanol–water partition coefficient (Wildman–Crippen LogP) is 0.218. The van der Waals surface area contributed by atoms with Gasteiger partial charge in [0.05, 0.1) is 5.41 Å². The van der Waals surface area contributed by atoms with Crippen LogP contribution >= 0.6 is 0 Å². The number of rotatable bonds is 3. The monoisotopic (exact) mass is 223 g/mol. The predicted molar refractivity (Wildman–Crippen MR) is 61.7 cm³/mol. The molecule has 1 atom stereocenters. The number of nitrogens with zero attached hydrogens (tertiary/aromatic N) is 1. The average molecular weight is 223 g/mol. The van der Waals surface area contributed by atoms with Crippen LogP contribution < -0.4 is 11.1 Å². The van der Waals surface area contributed by atoms with Crippen molar-refractivity contribution in [2.75, 3.05) is 7.05 Å². The van der Waals surface area contributed by atoms with Crippen LogP contribution in [0.15, 0.2) is 16.8 Å². The molecule has 5 nitrogen and oxygen atoms in total. The van der Waals surface area contributed by atoms with Gasteiger partial charge in [-0.25, -0.2) is 0 Å². The summed E-state index contributed by atoms with van der Waals surface area (Å²) in [4.78, 5) is 26.7. The van der Waals surface area contributed by atoms with Gasteiger partial charge in [-0.2, -0.15) is 0 Å². The Hall–Kier alpha value is -1.65. The molecule has 0 saturated heterocycles. The summed E-state index contributed by atoms with van der Waals surface area (Å²) in [7, 11) is 1.59. The van der Waals surface area contributed by atoms with Gasteiger partial charge in [-0.3, -0.25) is 14.6 Å². The lowest BCUT2D eigenvalue weighted by molar-refractivity contribution is -0.128. The third kappa shape index (κ3) is 1.98. The first-order valence-electron chi connectivity index (χ1n) is 5.21. The minimum atomic E-state index is -0.673. The van der Waals surface area contributed by atoms with Crippen LogP contribution in [-0.2, 0) is 9.59 Å². The van der Waals surface area contributed by atoms with Crippen LogP contribution in [-0.4, -0.2) is 25.1 Å². The van der Waals surface area contributed by atoms with Crippen molar-refractivity contribution in [3.8, 4) is 0 Å². The van der Waals surface area contributed by atoms with E-state index in [1.165, 1.54) is 6.21 Å². The van der Waals surface area contributed by atoms with Crippen molar-refractivity contribution >= 4 is 18.0 Å². The molecule has 3 N–H and O–H groups in total. The molecule has 16 heavy (non-hydrogen) atoms. The molecule has 0 saturated carbocycles. The molecular formula is C11H17N3O2. The summed E-state index contributed by atoms with van der Waals surface area (Å²) in [5.41, 5.74) is 4.67. The van der Waals surface area contributed by atoms with Crippen molar-refractivity contribution < 1.29 is 9.59 Å². The summed E-state index contributed by atoms with van der Waals surface area (Å²) in [5, 5.41) is 2.63. The topological polar surface area (TPSA) is 84.6 Å². The zero-order chi connectivity index (χ0) is 12.3. The Kier molecular flexibility index (Phi) is 3.47. The fraction of sp³-hybridized carbons (Fsp3) is 0.545. The molecule has 0 aromatic heterocycles. The number of carbonyl (C=O) groups excluding carboxylic acids is 2. The van der Waals surface area contributed by atoms with Gasteiger partial charge in [-0.05, 0) is 12.3 Å². The van der Waals surface area contributed by atoms with E-state index in [-0.39, 0.29) is 17.5 Å². The average Bonchev–Trinajstić information content (AvgIpc) is 2.27. The Labute approximate surface area is 94.8 Å². The summed E-state index contributed by atoms with van der Waals surface area (Å²) in [6.07, 6.45) is 3.61. The lowest BCUT2D eigenvalue weighted by Gasteiger charge is -2.32. The standard InChI is InChI=1S/C11H17N3O2/c1-7(2)11(10(16)13-3)5-4-8(9(12)15)14-6-11/h4,6-7H,5H2,1-3H3,(H2,12,15)(H,13,16). The minimum absolute atomic E-state index is 0.0916. The van der Waals surface area contributed by atoms with Crippen LogP contribution in [0.3, 0.4) is 0 Å². The van der Waals surface area contributed by atoms with E-state index in [1.54, 1.807) is 13.1 Å². The summed E-state index contributed by atoms with van der Waals surface area (Å²) < 4.78 is 0. The third-order valence-corrected chi connectivity index (χ3v) is 3.00. The largest absolute Gasteiger partial charge is 0.364 e. The molecule has 5 heteroatoms. The Morgan fingerprint density at radius 1 is 1.56 bits per heavy atom. The van der Waals surface area contributed by atoms with Gasteiger partial charge in [-0.1, -0.05) is 19.9 Å². The molecule has 0 aromatic carbocycles. The van der Waals surface area contributed by atoms with Crippen LogP contribution in [0, 0.1) is 11.3 Å². The molecule has 0 fully saturated rings. The van der Waals surface area contributed by atoms with E-state index in [0.717, 1.165) is 0 Å². The fourth-order valence-corrected chi connectivity index (χ4v) is 1.75. The normalized spacial score (nSPS) is 24.1. The molecule has 0 bridgehead atoms. The lowest BCUT2D eigenvalue weighted by Crippen LogP contribution is -2.45. The van der Waals surface area contributed by atoms with Gasteiger partial charge in [0.1, 0.15) is 5.70 Å². The molecule has 0 aromatic rings. The molecule has 1 unspecified atom stereocenters. The van der Waals surface area contributed by atoms with E-state index in [4.69, 9.17) is 5.73 Å². The molecule has 0 aliphatic carbocycles. The van der Waals surface area contributed by atoms with E-state index in [2.05, 4.69) is 10.3 Å². The van der Waals surface area contributed by atoms with Crippen LogP contribution in [0.5, 0.6) is 0 Å². The number of amides is 2. The van der Waals surface area contributed by atoms with Crippen molar-refractivity contribution in [2.45, 2.75) is 20.3 Å². The quantitative estimate of drug-likeness (QED) is 0.717. The molecule has 1 aliphatic heterocycles. The Morgan fingerprint density at radius 2 is 2.19 bits per heavy atom. The van der Waals surface area contributed by atoms with Gasteiger partial charge in [0, 0.05) is 13.3 Å². The van der Waals surface area contributed by atoms with Crippen LogP contribution in [0.4, 0.5) is 0 Å². The first kappa shape index (κ1) is 12.4. The first-order chi connectivity index (χ1) is 7.44. The van der Waals surface area contributed by atoms with Crippen LogP contribution in [0.2, 0.25) is 0 Å². The second-order valence-corrected chi connectivity index (χ2v) is 4.19. The number of nitrogens with two attached hydrogens (primary N) is 1.